The van der Waals surface area contributed by atoms with Crippen molar-refractivity contribution in [1.82, 2.24) is 10.6 Å². The molecule has 1 saturated heterocycles. The third-order valence-corrected chi connectivity index (χ3v) is 2.10. The Kier molecular flexibility index (Phi) is 3.82. The Morgan fingerprint density at radius 1 is 1.50 bits per heavy atom. The van der Waals surface area contributed by atoms with Crippen LogP contribution in [0.25, 0.3) is 0 Å². The summed E-state index contributed by atoms with van der Waals surface area (Å²) in [5, 5.41) is 5.69. The molecule has 4 nitrogen and oxygen atoms in total. The smallest absolute Gasteiger partial charge is 0.408 e. The van der Waals surface area contributed by atoms with Gasteiger partial charge in [-0.2, -0.15) is 0 Å². The standard InChI is InChI=1S/C12H20N2O2/c1-5-14-10(15)16-12(8-13-9-12)7-6-11(2,3)4/h13H,5,8-9H2,1-4H3,(H,14,15). The average molecular weight is 224 g/mol. The minimum Gasteiger partial charge on any atom is -0.427 e. The van der Waals surface area contributed by atoms with Crippen LogP contribution >= 0.6 is 0 Å². The Morgan fingerprint density at radius 3 is 2.50 bits per heavy atom. The van der Waals surface area contributed by atoms with Crippen molar-refractivity contribution in [2.24, 2.45) is 5.41 Å². The molecule has 1 aliphatic rings. The van der Waals surface area contributed by atoms with Crippen molar-refractivity contribution in [2.45, 2.75) is 33.3 Å². The molecule has 1 amide bonds. The molecule has 90 valence electrons. The Morgan fingerprint density at radius 2 is 2.12 bits per heavy atom. The fraction of sp³-hybridized carbons (Fsp3) is 0.750. The van der Waals surface area contributed by atoms with E-state index in [4.69, 9.17) is 4.74 Å². The number of hydrogen-bond acceptors (Lipinski definition) is 3. The lowest BCUT2D eigenvalue weighted by atomic mass is 9.92. The van der Waals surface area contributed by atoms with Gasteiger partial charge in [0.2, 0.25) is 0 Å². The van der Waals surface area contributed by atoms with Gasteiger partial charge in [0, 0.05) is 25.0 Å². The molecule has 0 spiro atoms. The van der Waals surface area contributed by atoms with E-state index < -0.39 is 11.7 Å². The molecule has 0 aromatic carbocycles. The van der Waals surface area contributed by atoms with Gasteiger partial charge in [0.25, 0.3) is 0 Å². The van der Waals surface area contributed by atoms with Crippen molar-refractivity contribution in [3.63, 3.8) is 0 Å². The third-order valence-electron chi connectivity index (χ3n) is 2.10. The summed E-state index contributed by atoms with van der Waals surface area (Å²) in [6.07, 6.45) is -0.396. The molecular weight excluding hydrogens is 204 g/mol. The molecule has 0 aliphatic carbocycles. The van der Waals surface area contributed by atoms with Gasteiger partial charge >= 0.3 is 6.09 Å². The van der Waals surface area contributed by atoms with Crippen molar-refractivity contribution >= 4 is 6.09 Å². The van der Waals surface area contributed by atoms with Gasteiger partial charge in [0.05, 0.1) is 0 Å². The van der Waals surface area contributed by atoms with Crippen LogP contribution in [0.15, 0.2) is 0 Å². The maximum atomic E-state index is 11.3. The lowest BCUT2D eigenvalue weighted by Crippen LogP contribution is -2.61. The first-order valence-electron chi connectivity index (χ1n) is 5.59. The second-order valence-electron chi connectivity index (χ2n) is 5.02. The van der Waals surface area contributed by atoms with E-state index in [1.807, 2.05) is 27.7 Å². The van der Waals surface area contributed by atoms with Crippen LogP contribution in [0.2, 0.25) is 0 Å². The van der Waals surface area contributed by atoms with Gasteiger partial charge in [-0.3, -0.25) is 0 Å². The zero-order valence-electron chi connectivity index (χ0n) is 10.4. The van der Waals surface area contributed by atoms with Gasteiger partial charge < -0.3 is 15.4 Å². The predicted molar refractivity (Wildman–Crippen MR) is 63.0 cm³/mol. The summed E-state index contributed by atoms with van der Waals surface area (Å²) in [7, 11) is 0. The monoisotopic (exact) mass is 224 g/mol. The average Bonchev–Trinajstić information content (AvgIpc) is 2.08. The molecule has 4 heteroatoms. The zero-order valence-corrected chi connectivity index (χ0v) is 10.4. The molecule has 16 heavy (non-hydrogen) atoms. The van der Waals surface area contributed by atoms with Crippen LogP contribution in [0.1, 0.15) is 27.7 Å². The second kappa shape index (κ2) is 4.75. The summed E-state index contributed by atoms with van der Waals surface area (Å²) in [4.78, 5) is 11.3. The highest BCUT2D eigenvalue weighted by Gasteiger charge is 2.39. The van der Waals surface area contributed by atoms with E-state index in [0.29, 0.717) is 19.6 Å². The molecular formula is C12H20N2O2. The van der Waals surface area contributed by atoms with Crippen LogP contribution in [0.3, 0.4) is 0 Å². The van der Waals surface area contributed by atoms with E-state index in [0.717, 1.165) is 0 Å². The Bertz CT molecular complexity index is 316. The lowest BCUT2D eigenvalue weighted by molar-refractivity contribution is 0.0173. The number of hydrogen-bond donors (Lipinski definition) is 2. The van der Waals surface area contributed by atoms with Crippen molar-refractivity contribution in [3.05, 3.63) is 0 Å². The van der Waals surface area contributed by atoms with Gasteiger partial charge in [-0.1, -0.05) is 11.8 Å². The minimum absolute atomic E-state index is 0.0762. The zero-order chi connectivity index (χ0) is 12.2. The molecule has 0 aromatic rings. The molecule has 1 fully saturated rings. The number of carbonyl (C=O) groups is 1. The highest BCUT2D eigenvalue weighted by Crippen LogP contribution is 2.18. The van der Waals surface area contributed by atoms with Crippen molar-refractivity contribution in [1.29, 1.82) is 0 Å². The fourth-order valence-corrected chi connectivity index (χ4v) is 1.20. The molecule has 1 heterocycles. The number of ether oxygens (including phenoxy) is 1. The summed E-state index contributed by atoms with van der Waals surface area (Å²) in [6.45, 7) is 9.73. The van der Waals surface area contributed by atoms with Gasteiger partial charge in [-0.05, 0) is 27.7 Å². The molecule has 0 atom stereocenters. The van der Waals surface area contributed by atoms with Crippen LogP contribution in [0.5, 0.6) is 0 Å². The molecule has 0 saturated carbocycles. The van der Waals surface area contributed by atoms with E-state index in [1.54, 1.807) is 0 Å². The molecule has 1 rings (SSSR count). The fourth-order valence-electron chi connectivity index (χ4n) is 1.20. The number of alkyl carbamates (subject to hydrolysis) is 1. The van der Waals surface area contributed by atoms with Gasteiger partial charge in [0.1, 0.15) is 0 Å². The lowest BCUT2D eigenvalue weighted by Gasteiger charge is -2.37. The Hall–Kier alpha value is -1.21. The first kappa shape index (κ1) is 12.9. The number of nitrogens with one attached hydrogen (secondary N) is 2. The van der Waals surface area contributed by atoms with Crippen molar-refractivity contribution < 1.29 is 9.53 Å². The maximum absolute atomic E-state index is 11.3. The number of amides is 1. The topological polar surface area (TPSA) is 50.4 Å². The molecule has 2 N–H and O–H groups in total. The first-order valence-corrected chi connectivity index (χ1v) is 5.59. The first-order chi connectivity index (χ1) is 7.37. The van der Waals surface area contributed by atoms with Crippen LogP contribution in [-0.2, 0) is 4.74 Å². The van der Waals surface area contributed by atoms with Crippen LogP contribution in [0.4, 0.5) is 4.79 Å². The molecule has 0 aromatic heterocycles. The summed E-state index contributed by atoms with van der Waals surface area (Å²) in [5.74, 6) is 6.18. The summed E-state index contributed by atoms with van der Waals surface area (Å²) in [5.41, 5.74) is -0.709. The number of rotatable bonds is 2. The van der Waals surface area contributed by atoms with Crippen LogP contribution < -0.4 is 10.6 Å². The van der Waals surface area contributed by atoms with E-state index in [2.05, 4.69) is 22.5 Å². The maximum Gasteiger partial charge on any atom is 0.408 e. The Balaban J connectivity index is 2.63. The predicted octanol–water partition coefficient (Wildman–Crippen LogP) is 1.12. The summed E-state index contributed by atoms with van der Waals surface area (Å²) in [6, 6.07) is 0. The van der Waals surface area contributed by atoms with Gasteiger partial charge in [0.15, 0.2) is 5.60 Å². The largest absolute Gasteiger partial charge is 0.427 e. The minimum atomic E-state index is -0.632. The molecule has 1 aliphatic heterocycles. The second-order valence-corrected chi connectivity index (χ2v) is 5.02. The molecule has 0 radical (unpaired) electrons. The SMILES string of the molecule is CCNC(=O)OC1(C#CC(C)(C)C)CNC1. The highest BCUT2D eigenvalue weighted by atomic mass is 16.6. The molecule has 0 unspecified atom stereocenters. The van der Waals surface area contributed by atoms with E-state index in [-0.39, 0.29) is 5.41 Å². The van der Waals surface area contributed by atoms with Crippen molar-refractivity contribution in [3.8, 4) is 11.8 Å². The number of carbonyl (C=O) groups excluding carboxylic acids is 1. The summed E-state index contributed by atoms with van der Waals surface area (Å²) < 4.78 is 5.32. The molecule has 0 bridgehead atoms. The van der Waals surface area contributed by atoms with Gasteiger partial charge in [-0.25, -0.2) is 4.79 Å². The van der Waals surface area contributed by atoms with Crippen LogP contribution in [0, 0.1) is 17.3 Å². The van der Waals surface area contributed by atoms with Crippen LogP contribution in [-0.4, -0.2) is 31.3 Å². The van der Waals surface area contributed by atoms with E-state index in [1.165, 1.54) is 0 Å². The summed E-state index contributed by atoms with van der Waals surface area (Å²) >= 11 is 0. The third kappa shape index (κ3) is 3.74. The van der Waals surface area contributed by atoms with E-state index >= 15 is 0 Å². The highest BCUT2D eigenvalue weighted by molar-refractivity contribution is 5.68. The quantitative estimate of drug-likeness (QED) is 0.691. The van der Waals surface area contributed by atoms with Crippen molar-refractivity contribution in [2.75, 3.05) is 19.6 Å². The Labute approximate surface area is 97.1 Å². The van der Waals surface area contributed by atoms with Gasteiger partial charge in [-0.15, -0.1) is 0 Å². The normalized spacial score (nSPS) is 17.8. The van der Waals surface area contributed by atoms with E-state index in [9.17, 15) is 4.79 Å².